The Bertz CT molecular complexity index is 1280. The summed E-state index contributed by atoms with van der Waals surface area (Å²) < 4.78 is 0. The Hall–Kier alpha value is -3.54. The average molecular weight is 456 g/mol. The van der Waals surface area contributed by atoms with Gasteiger partial charge in [0.1, 0.15) is 23.1 Å². The van der Waals surface area contributed by atoms with Crippen molar-refractivity contribution in [1.82, 2.24) is 19.9 Å². The first-order valence-corrected chi connectivity index (χ1v) is 11.7. The lowest BCUT2D eigenvalue weighted by molar-refractivity contribution is 0.0740. The molecule has 34 heavy (non-hydrogen) atoms. The number of benzene rings is 1. The third kappa shape index (κ3) is 4.45. The van der Waals surface area contributed by atoms with Gasteiger partial charge in [-0.15, -0.1) is 0 Å². The first-order chi connectivity index (χ1) is 16.3. The number of aliphatic hydroxyl groups is 1. The lowest BCUT2D eigenvalue weighted by Gasteiger charge is -2.37. The highest BCUT2D eigenvalue weighted by Crippen LogP contribution is 2.40. The van der Waals surface area contributed by atoms with Crippen LogP contribution in [0.3, 0.4) is 0 Å². The zero-order valence-electron chi connectivity index (χ0n) is 19.8. The number of aromatic nitrogens is 3. The number of nitrogens with one attached hydrogen (secondary N) is 2. The van der Waals surface area contributed by atoms with Crippen LogP contribution in [0.25, 0.3) is 0 Å². The van der Waals surface area contributed by atoms with E-state index in [1.807, 2.05) is 0 Å². The van der Waals surface area contributed by atoms with Crippen molar-refractivity contribution in [3.63, 3.8) is 0 Å². The van der Waals surface area contributed by atoms with Crippen molar-refractivity contribution in [3.8, 4) is 6.07 Å². The maximum Gasteiger partial charge on any atom is 0.229 e. The topological polar surface area (TPSA) is 110 Å². The molecule has 3 aromatic rings. The molecule has 8 heteroatoms. The molecule has 0 radical (unpaired) electrons. The largest absolute Gasteiger partial charge is 0.384 e. The molecule has 0 fully saturated rings. The molecule has 1 aliphatic heterocycles. The monoisotopic (exact) mass is 455 g/mol. The van der Waals surface area contributed by atoms with E-state index in [1.54, 1.807) is 32.0 Å². The molecular weight excluding hydrogens is 426 g/mol. The molecule has 3 N–H and O–H groups in total. The fraction of sp³-hybridized carbons (Fsp3) is 0.385. The summed E-state index contributed by atoms with van der Waals surface area (Å²) in [6.07, 6.45) is 5.08. The minimum absolute atomic E-state index is 0.311. The highest BCUT2D eigenvalue weighted by molar-refractivity contribution is 5.65. The molecule has 1 aliphatic carbocycles. The van der Waals surface area contributed by atoms with Crippen molar-refractivity contribution in [2.45, 2.75) is 51.2 Å². The Kier molecular flexibility index (Phi) is 5.68. The second kappa shape index (κ2) is 8.67. The van der Waals surface area contributed by atoms with Crippen LogP contribution in [-0.4, -0.2) is 38.6 Å². The highest BCUT2D eigenvalue weighted by atomic mass is 16.3. The maximum absolute atomic E-state index is 10.3. The Morgan fingerprint density at radius 1 is 1.18 bits per heavy atom. The summed E-state index contributed by atoms with van der Waals surface area (Å²) in [5.41, 5.74) is 5.05. The molecule has 5 rings (SSSR count). The van der Waals surface area contributed by atoms with Crippen LogP contribution in [0.15, 0.2) is 36.5 Å². The fourth-order valence-electron chi connectivity index (χ4n) is 5.03. The zero-order valence-corrected chi connectivity index (χ0v) is 19.8. The molecular formula is C26H29N7O. The number of anilines is 4. The van der Waals surface area contributed by atoms with E-state index >= 15 is 0 Å². The van der Waals surface area contributed by atoms with Gasteiger partial charge in [-0.2, -0.15) is 10.2 Å². The van der Waals surface area contributed by atoms with E-state index in [2.05, 4.69) is 55.7 Å². The summed E-state index contributed by atoms with van der Waals surface area (Å²) in [6.45, 7) is 5.43. The summed E-state index contributed by atoms with van der Waals surface area (Å²) in [6, 6.07) is 11.9. The van der Waals surface area contributed by atoms with E-state index < -0.39 is 5.60 Å². The first kappa shape index (κ1) is 22.3. The number of aryl methyl sites for hydroxylation is 1. The van der Waals surface area contributed by atoms with E-state index in [0.29, 0.717) is 34.8 Å². The third-order valence-electron chi connectivity index (χ3n) is 6.52. The minimum Gasteiger partial charge on any atom is -0.384 e. The van der Waals surface area contributed by atoms with Gasteiger partial charge >= 0.3 is 0 Å². The second-order valence-corrected chi connectivity index (χ2v) is 9.78. The second-order valence-electron chi connectivity index (χ2n) is 9.78. The van der Waals surface area contributed by atoms with Crippen LogP contribution in [0.1, 0.15) is 60.6 Å². The molecule has 174 valence electrons. The molecule has 0 spiro atoms. The van der Waals surface area contributed by atoms with Gasteiger partial charge in [0.25, 0.3) is 0 Å². The third-order valence-corrected chi connectivity index (χ3v) is 6.52. The van der Waals surface area contributed by atoms with E-state index in [4.69, 9.17) is 0 Å². The molecule has 0 saturated heterocycles. The Labute approximate surface area is 199 Å². The number of nitrogens with zero attached hydrogens (tertiary/aromatic N) is 5. The summed E-state index contributed by atoms with van der Waals surface area (Å²) >= 11 is 0. The molecule has 8 nitrogen and oxygen atoms in total. The summed E-state index contributed by atoms with van der Waals surface area (Å²) in [5.74, 6) is 1.89. The number of pyridine rings is 1. The number of hydrogen-bond donors (Lipinski definition) is 3. The van der Waals surface area contributed by atoms with Gasteiger partial charge in [0.15, 0.2) is 5.82 Å². The molecule has 0 saturated carbocycles. The van der Waals surface area contributed by atoms with Crippen molar-refractivity contribution in [2.24, 2.45) is 0 Å². The minimum atomic E-state index is -1.08. The molecule has 0 bridgehead atoms. The lowest BCUT2D eigenvalue weighted by Crippen LogP contribution is -2.33. The van der Waals surface area contributed by atoms with Crippen molar-refractivity contribution < 1.29 is 5.11 Å². The Morgan fingerprint density at radius 2 is 2.00 bits per heavy atom. The Morgan fingerprint density at radius 3 is 2.79 bits per heavy atom. The molecule has 2 aliphatic rings. The Balaban J connectivity index is 1.44. The van der Waals surface area contributed by atoms with Gasteiger partial charge in [-0.1, -0.05) is 6.07 Å². The average Bonchev–Trinajstić information content (AvgIpc) is 2.79. The van der Waals surface area contributed by atoms with Crippen LogP contribution in [0.2, 0.25) is 0 Å². The van der Waals surface area contributed by atoms with E-state index in [9.17, 15) is 10.4 Å². The maximum atomic E-state index is 10.3. The summed E-state index contributed by atoms with van der Waals surface area (Å²) in [4.78, 5) is 15.8. The van der Waals surface area contributed by atoms with Gasteiger partial charge in [-0.05, 0) is 87.0 Å². The first-order valence-electron chi connectivity index (χ1n) is 11.7. The van der Waals surface area contributed by atoms with Crippen LogP contribution in [0.5, 0.6) is 0 Å². The smallest absolute Gasteiger partial charge is 0.229 e. The SMILES string of the molecule is CN1Cc2cc(Nc3ncc(C#N)c(Nc4cccc(C(C)(C)O)n4)n3)cc3c2[C@H](CCC3)C1. The van der Waals surface area contributed by atoms with Crippen LogP contribution >= 0.6 is 0 Å². The van der Waals surface area contributed by atoms with Gasteiger partial charge in [0, 0.05) is 18.8 Å². The predicted octanol–water partition coefficient (Wildman–Crippen LogP) is 4.32. The summed E-state index contributed by atoms with van der Waals surface area (Å²) in [5, 5.41) is 26.3. The molecule has 1 atom stereocenters. The quantitative estimate of drug-likeness (QED) is 0.522. The van der Waals surface area contributed by atoms with Gasteiger partial charge in [0.05, 0.1) is 11.9 Å². The molecule has 3 heterocycles. The van der Waals surface area contributed by atoms with Crippen molar-refractivity contribution in [2.75, 3.05) is 24.2 Å². The van der Waals surface area contributed by atoms with Crippen molar-refractivity contribution in [3.05, 3.63) is 64.5 Å². The number of likely N-dealkylation sites (N-methyl/N-ethyl adjacent to an activating group) is 1. The molecule has 1 aromatic carbocycles. The van der Waals surface area contributed by atoms with Crippen molar-refractivity contribution in [1.29, 1.82) is 5.26 Å². The highest BCUT2D eigenvalue weighted by Gasteiger charge is 2.29. The number of nitriles is 1. The standard InChI is InChI=1S/C26H29N7O/c1-26(2,34)21-8-5-9-22(30-21)31-24-19(12-27)13-28-25(32-24)29-20-10-16-6-4-7-17-14-33(3)15-18(11-20)23(16)17/h5,8-11,13,17,34H,4,6-7,14-15H2,1-3H3,(H2,28,29,30,31,32)/t17-/m1/s1. The summed E-state index contributed by atoms with van der Waals surface area (Å²) in [7, 11) is 2.18. The zero-order chi connectivity index (χ0) is 23.9. The van der Waals surface area contributed by atoms with Crippen LogP contribution in [0.4, 0.5) is 23.3 Å². The molecule has 0 amide bonds. The van der Waals surface area contributed by atoms with E-state index in [1.165, 1.54) is 35.7 Å². The lowest BCUT2D eigenvalue weighted by atomic mass is 9.77. The van der Waals surface area contributed by atoms with E-state index in [-0.39, 0.29) is 0 Å². The van der Waals surface area contributed by atoms with Gasteiger partial charge in [-0.25, -0.2) is 9.97 Å². The molecule has 2 aromatic heterocycles. The molecule has 0 unspecified atom stereocenters. The number of hydrogen-bond acceptors (Lipinski definition) is 8. The van der Waals surface area contributed by atoms with Gasteiger partial charge in [-0.3, -0.25) is 0 Å². The fourth-order valence-corrected chi connectivity index (χ4v) is 5.03. The van der Waals surface area contributed by atoms with Gasteiger partial charge < -0.3 is 20.6 Å². The normalized spacial score (nSPS) is 17.6. The van der Waals surface area contributed by atoms with E-state index in [0.717, 1.165) is 25.2 Å². The van der Waals surface area contributed by atoms with Crippen molar-refractivity contribution >= 4 is 23.3 Å². The van der Waals surface area contributed by atoms with Gasteiger partial charge in [0.2, 0.25) is 5.95 Å². The number of rotatable bonds is 5. The predicted molar refractivity (Wildman–Crippen MR) is 131 cm³/mol. The van der Waals surface area contributed by atoms with Crippen LogP contribution in [0, 0.1) is 11.3 Å². The van der Waals surface area contributed by atoms with Crippen LogP contribution in [-0.2, 0) is 18.6 Å². The van der Waals surface area contributed by atoms with Crippen LogP contribution < -0.4 is 10.6 Å².